The summed E-state index contributed by atoms with van der Waals surface area (Å²) in [6.07, 6.45) is 2.70. The Morgan fingerprint density at radius 2 is 1.95 bits per heavy atom. The molecule has 0 saturated heterocycles. The highest BCUT2D eigenvalue weighted by molar-refractivity contribution is 8.05. The lowest BCUT2D eigenvalue weighted by Gasteiger charge is -2.07. The van der Waals surface area contributed by atoms with Gasteiger partial charge in [0.1, 0.15) is 18.6 Å². The van der Waals surface area contributed by atoms with Crippen LogP contribution in [0.25, 0.3) is 5.57 Å². The first kappa shape index (κ1) is 13.6. The van der Waals surface area contributed by atoms with E-state index >= 15 is 0 Å². The average Bonchev–Trinajstić information content (AvgIpc) is 2.78. The van der Waals surface area contributed by atoms with Gasteiger partial charge in [-0.1, -0.05) is 23.7 Å². The lowest BCUT2D eigenvalue weighted by Crippen LogP contribution is -2.03. The van der Waals surface area contributed by atoms with Crippen LogP contribution in [0.5, 0.6) is 0 Å². The first-order valence-corrected chi connectivity index (χ1v) is 6.65. The second-order valence-corrected chi connectivity index (χ2v) is 5.37. The molecule has 0 unspecified atom stereocenters. The third-order valence-corrected chi connectivity index (χ3v) is 4.11. The van der Waals surface area contributed by atoms with E-state index in [-0.39, 0.29) is 0 Å². The molecule has 0 aromatic heterocycles. The van der Waals surface area contributed by atoms with Crippen molar-refractivity contribution in [3.05, 3.63) is 51.4 Å². The molecule has 1 atom stereocenters. The van der Waals surface area contributed by atoms with Crippen LogP contribution in [0, 0.1) is 11.3 Å². The summed E-state index contributed by atoms with van der Waals surface area (Å²) in [5, 5.41) is 9.36. The fourth-order valence-corrected chi connectivity index (χ4v) is 3.10. The fraction of sp³-hybridized carbons (Fsp3) is 0.0714. The zero-order chi connectivity index (χ0) is 13.8. The zero-order valence-electron chi connectivity index (χ0n) is 9.67. The molecule has 19 heavy (non-hydrogen) atoms. The second-order valence-electron chi connectivity index (χ2n) is 3.75. The number of benzene rings is 1. The second kappa shape index (κ2) is 5.87. The van der Waals surface area contributed by atoms with E-state index in [9.17, 15) is 14.9 Å². The van der Waals surface area contributed by atoms with E-state index in [4.69, 9.17) is 11.6 Å². The van der Waals surface area contributed by atoms with Crippen molar-refractivity contribution >= 4 is 41.5 Å². The molecule has 0 spiro atoms. The Hall–Kier alpha value is -1.83. The van der Waals surface area contributed by atoms with Crippen molar-refractivity contribution in [2.24, 2.45) is 0 Å². The molecule has 0 fully saturated rings. The van der Waals surface area contributed by atoms with Crippen LogP contribution in [-0.4, -0.2) is 17.8 Å². The molecule has 94 valence electrons. The number of rotatable bonds is 3. The summed E-state index contributed by atoms with van der Waals surface area (Å²) in [4.78, 5) is 22.3. The van der Waals surface area contributed by atoms with E-state index in [1.165, 1.54) is 17.8 Å². The smallest absolute Gasteiger partial charge is 0.143 e. The topological polar surface area (TPSA) is 57.9 Å². The Labute approximate surface area is 119 Å². The van der Waals surface area contributed by atoms with Crippen molar-refractivity contribution in [3.8, 4) is 6.07 Å². The van der Waals surface area contributed by atoms with Crippen LogP contribution in [0.3, 0.4) is 0 Å². The van der Waals surface area contributed by atoms with Crippen LogP contribution >= 0.6 is 23.4 Å². The Kier molecular flexibility index (Phi) is 4.20. The first-order valence-electron chi connectivity index (χ1n) is 5.39. The SMILES string of the molecule is N#CC1=C(c2ccc(Cl)cc2)[C@@H](C=O)S/C1=C/C=O. The van der Waals surface area contributed by atoms with Crippen molar-refractivity contribution in [2.45, 2.75) is 5.25 Å². The average molecular weight is 290 g/mol. The normalized spacial score (nSPS) is 20.4. The van der Waals surface area contributed by atoms with E-state index in [0.29, 0.717) is 27.4 Å². The van der Waals surface area contributed by atoms with Crippen molar-refractivity contribution in [2.75, 3.05) is 0 Å². The van der Waals surface area contributed by atoms with Crippen molar-refractivity contribution in [1.82, 2.24) is 0 Å². The number of carbonyl (C=O) groups is 2. The minimum Gasteiger partial charge on any atom is -0.302 e. The molecular weight excluding hydrogens is 282 g/mol. The van der Waals surface area contributed by atoms with E-state index in [1.807, 2.05) is 0 Å². The number of hydrogen-bond acceptors (Lipinski definition) is 4. The molecule has 0 radical (unpaired) electrons. The molecule has 3 nitrogen and oxygen atoms in total. The molecule has 0 aliphatic carbocycles. The Morgan fingerprint density at radius 1 is 1.26 bits per heavy atom. The summed E-state index contributed by atoms with van der Waals surface area (Å²) < 4.78 is 0. The van der Waals surface area contributed by atoms with Crippen LogP contribution < -0.4 is 0 Å². The number of nitriles is 1. The molecule has 1 aliphatic heterocycles. The Bertz CT molecular complexity index is 626. The maximum absolute atomic E-state index is 11.2. The standard InChI is InChI=1S/C14H8ClNO2S/c15-10-3-1-9(2-4-10)14-11(7-16)12(5-6-17)19-13(14)8-18/h1-6,8,13H/b12-5+/t13-/m1/s1. The summed E-state index contributed by atoms with van der Waals surface area (Å²) in [5.74, 6) is 0. The monoisotopic (exact) mass is 289 g/mol. The van der Waals surface area contributed by atoms with Gasteiger partial charge in [0, 0.05) is 9.93 Å². The molecule has 0 bridgehead atoms. The number of carbonyl (C=O) groups excluding carboxylic acids is 2. The molecule has 1 aliphatic rings. The highest BCUT2D eigenvalue weighted by Crippen LogP contribution is 2.45. The molecular formula is C14H8ClNO2S. The summed E-state index contributed by atoms with van der Waals surface area (Å²) >= 11 is 7.03. The van der Waals surface area contributed by atoms with Gasteiger partial charge in [0.25, 0.3) is 0 Å². The molecule has 2 rings (SSSR count). The molecule has 5 heteroatoms. The van der Waals surface area contributed by atoms with Crippen LogP contribution in [-0.2, 0) is 9.59 Å². The van der Waals surface area contributed by atoms with Gasteiger partial charge >= 0.3 is 0 Å². The minimum absolute atomic E-state index is 0.372. The number of halogens is 1. The number of nitrogens with zero attached hydrogens (tertiary/aromatic N) is 1. The molecule has 0 saturated carbocycles. The van der Waals surface area contributed by atoms with Crippen LogP contribution in [0.2, 0.25) is 5.02 Å². The lowest BCUT2D eigenvalue weighted by molar-refractivity contribution is -0.106. The maximum atomic E-state index is 11.2. The van der Waals surface area contributed by atoms with Crippen molar-refractivity contribution in [1.29, 1.82) is 5.26 Å². The quantitative estimate of drug-likeness (QED) is 0.634. The highest BCUT2D eigenvalue weighted by Gasteiger charge is 2.31. The van der Waals surface area contributed by atoms with Crippen molar-refractivity contribution < 1.29 is 9.59 Å². The number of thioether (sulfide) groups is 1. The predicted molar refractivity (Wildman–Crippen MR) is 75.6 cm³/mol. The van der Waals surface area contributed by atoms with Crippen LogP contribution in [0.1, 0.15) is 5.56 Å². The van der Waals surface area contributed by atoms with Crippen molar-refractivity contribution in [3.63, 3.8) is 0 Å². The molecule has 0 amide bonds. The largest absolute Gasteiger partial charge is 0.302 e. The van der Waals surface area contributed by atoms with E-state index in [0.717, 1.165) is 11.8 Å². The van der Waals surface area contributed by atoms with Gasteiger partial charge in [-0.3, -0.25) is 4.79 Å². The maximum Gasteiger partial charge on any atom is 0.143 e. The summed E-state index contributed by atoms with van der Waals surface area (Å²) in [6, 6.07) is 8.99. The third kappa shape index (κ3) is 2.62. The molecule has 1 heterocycles. The Morgan fingerprint density at radius 3 is 2.47 bits per heavy atom. The van der Waals surface area contributed by atoms with E-state index < -0.39 is 5.25 Å². The number of hydrogen-bond donors (Lipinski definition) is 0. The molecule has 1 aromatic carbocycles. The van der Waals surface area contributed by atoms with Gasteiger partial charge in [0.15, 0.2) is 0 Å². The molecule has 0 N–H and O–H groups in total. The zero-order valence-corrected chi connectivity index (χ0v) is 11.2. The van der Waals surface area contributed by atoms with E-state index in [2.05, 4.69) is 6.07 Å². The lowest BCUT2D eigenvalue weighted by atomic mass is 9.97. The molecule has 1 aromatic rings. The summed E-state index contributed by atoms with van der Waals surface area (Å²) in [6.45, 7) is 0. The number of aldehydes is 2. The summed E-state index contributed by atoms with van der Waals surface area (Å²) in [5.41, 5.74) is 1.77. The van der Waals surface area contributed by atoms with Gasteiger partial charge in [0.2, 0.25) is 0 Å². The van der Waals surface area contributed by atoms with Crippen LogP contribution in [0.4, 0.5) is 0 Å². The fourth-order valence-electron chi connectivity index (χ4n) is 1.86. The third-order valence-electron chi connectivity index (χ3n) is 2.66. The van der Waals surface area contributed by atoms with Gasteiger partial charge in [-0.25, -0.2) is 0 Å². The first-order chi connectivity index (χ1) is 9.21. The highest BCUT2D eigenvalue weighted by atomic mass is 35.5. The van der Waals surface area contributed by atoms with Gasteiger partial charge in [-0.05, 0) is 29.3 Å². The van der Waals surface area contributed by atoms with Gasteiger partial charge in [-0.15, -0.1) is 11.8 Å². The minimum atomic E-state index is -0.470. The number of allylic oxidation sites excluding steroid dienone is 2. The van der Waals surface area contributed by atoms with Gasteiger partial charge in [-0.2, -0.15) is 5.26 Å². The van der Waals surface area contributed by atoms with Gasteiger partial charge < -0.3 is 4.79 Å². The predicted octanol–water partition coefficient (Wildman–Crippen LogP) is 3.01. The Balaban J connectivity index is 2.60. The van der Waals surface area contributed by atoms with Gasteiger partial charge in [0.05, 0.1) is 10.8 Å². The van der Waals surface area contributed by atoms with E-state index in [1.54, 1.807) is 24.3 Å². The summed E-state index contributed by atoms with van der Waals surface area (Å²) in [7, 11) is 0. The van der Waals surface area contributed by atoms with Crippen LogP contribution in [0.15, 0.2) is 40.8 Å².